The third-order valence-corrected chi connectivity index (χ3v) is 3.10. The standard InChI is InChI=1S/C13H15F2NO2/c14-13(15,10-4-2-1-3-5-10)8-16-11(12(17)18)9-6-7-9/h1-5,9,11,16H,6-8H2,(H,17,18). The van der Waals surface area contributed by atoms with Crippen molar-refractivity contribution < 1.29 is 18.7 Å². The first-order valence-corrected chi connectivity index (χ1v) is 5.90. The second-order valence-corrected chi connectivity index (χ2v) is 4.60. The van der Waals surface area contributed by atoms with Crippen molar-refractivity contribution >= 4 is 5.97 Å². The van der Waals surface area contributed by atoms with Crippen molar-refractivity contribution in [2.75, 3.05) is 6.54 Å². The lowest BCUT2D eigenvalue weighted by molar-refractivity contribution is -0.140. The third-order valence-electron chi connectivity index (χ3n) is 3.10. The molecule has 0 heterocycles. The average molecular weight is 255 g/mol. The topological polar surface area (TPSA) is 49.3 Å². The number of aliphatic carboxylic acids is 1. The van der Waals surface area contributed by atoms with Crippen molar-refractivity contribution in [2.45, 2.75) is 24.8 Å². The Bertz CT molecular complexity index is 418. The van der Waals surface area contributed by atoms with E-state index in [0.717, 1.165) is 12.8 Å². The van der Waals surface area contributed by atoms with E-state index in [1.807, 2.05) is 0 Å². The molecule has 3 nitrogen and oxygen atoms in total. The molecule has 0 saturated heterocycles. The number of carboxylic acids is 1. The van der Waals surface area contributed by atoms with Gasteiger partial charge >= 0.3 is 5.97 Å². The summed E-state index contributed by atoms with van der Waals surface area (Å²) in [5, 5.41) is 11.4. The summed E-state index contributed by atoms with van der Waals surface area (Å²) in [5.74, 6) is -4.11. The van der Waals surface area contributed by atoms with Crippen LogP contribution in [0.5, 0.6) is 0 Å². The highest BCUT2D eigenvalue weighted by Crippen LogP contribution is 2.34. The van der Waals surface area contributed by atoms with Crippen LogP contribution in [0.1, 0.15) is 18.4 Å². The van der Waals surface area contributed by atoms with Gasteiger partial charge in [0.15, 0.2) is 0 Å². The van der Waals surface area contributed by atoms with E-state index in [1.54, 1.807) is 18.2 Å². The summed E-state index contributed by atoms with van der Waals surface area (Å²) in [7, 11) is 0. The zero-order valence-electron chi connectivity index (χ0n) is 9.77. The second kappa shape index (κ2) is 5.02. The van der Waals surface area contributed by atoms with Gasteiger partial charge in [0.1, 0.15) is 6.04 Å². The fourth-order valence-electron chi connectivity index (χ4n) is 1.91. The smallest absolute Gasteiger partial charge is 0.320 e. The summed E-state index contributed by atoms with van der Waals surface area (Å²) >= 11 is 0. The highest BCUT2D eigenvalue weighted by molar-refractivity contribution is 5.74. The number of halogens is 2. The van der Waals surface area contributed by atoms with Gasteiger partial charge in [-0.3, -0.25) is 10.1 Å². The zero-order chi connectivity index (χ0) is 13.2. The van der Waals surface area contributed by atoms with Gasteiger partial charge in [0.25, 0.3) is 5.92 Å². The maximum absolute atomic E-state index is 13.8. The highest BCUT2D eigenvalue weighted by atomic mass is 19.3. The molecule has 18 heavy (non-hydrogen) atoms. The SMILES string of the molecule is O=C(O)C(NCC(F)(F)c1ccccc1)C1CC1. The maximum atomic E-state index is 13.8. The van der Waals surface area contributed by atoms with Gasteiger partial charge in [-0.15, -0.1) is 0 Å². The summed E-state index contributed by atoms with van der Waals surface area (Å²) in [6.45, 7) is -0.648. The monoisotopic (exact) mass is 255 g/mol. The molecule has 98 valence electrons. The van der Waals surface area contributed by atoms with Gasteiger partial charge in [-0.05, 0) is 18.8 Å². The van der Waals surface area contributed by atoms with Gasteiger partial charge in [0.05, 0.1) is 6.54 Å². The number of carboxylic acid groups (broad SMARTS) is 1. The minimum absolute atomic E-state index is 0.00549. The Labute approximate surface area is 104 Å². The van der Waals surface area contributed by atoms with Crippen LogP contribution in [0.3, 0.4) is 0 Å². The van der Waals surface area contributed by atoms with Gasteiger partial charge in [-0.25, -0.2) is 0 Å². The van der Waals surface area contributed by atoms with Crippen LogP contribution in [0, 0.1) is 5.92 Å². The van der Waals surface area contributed by atoms with Crippen molar-refractivity contribution in [3.63, 3.8) is 0 Å². The van der Waals surface area contributed by atoms with Gasteiger partial charge in [-0.1, -0.05) is 30.3 Å². The molecule has 1 fully saturated rings. The summed E-state index contributed by atoms with van der Waals surface area (Å²) in [6.07, 6.45) is 1.59. The number of rotatable bonds is 6. The second-order valence-electron chi connectivity index (χ2n) is 4.60. The summed E-state index contributed by atoms with van der Waals surface area (Å²) in [5.41, 5.74) is -0.0996. The number of hydrogen-bond donors (Lipinski definition) is 2. The lowest BCUT2D eigenvalue weighted by atomic mass is 10.1. The van der Waals surface area contributed by atoms with E-state index in [-0.39, 0.29) is 11.5 Å². The number of alkyl halides is 2. The molecular weight excluding hydrogens is 240 g/mol. The number of nitrogens with one attached hydrogen (secondary N) is 1. The van der Waals surface area contributed by atoms with Crippen molar-refractivity contribution in [3.8, 4) is 0 Å². The molecule has 1 unspecified atom stereocenters. The predicted octanol–water partition coefficient (Wildman–Crippen LogP) is 2.23. The van der Waals surface area contributed by atoms with Gasteiger partial charge in [0, 0.05) is 5.56 Å². The first kappa shape index (κ1) is 13.0. The summed E-state index contributed by atoms with van der Waals surface area (Å²) in [6, 6.07) is 6.57. The predicted molar refractivity (Wildman–Crippen MR) is 62.5 cm³/mol. The lowest BCUT2D eigenvalue weighted by Crippen LogP contribution is -2.43. The molecule has 0 amide bonds. The molecule has 5 heteroatoms. The normalized spacial score (nSPS) is 17.4. The van der Waals surface area contributed by atoms with Gasteiger partial charge in [-0.2, -0.15) is 8.78 Å². The molecule has 1 atom stereocenters. The van der Waals surface area contributed by atoms with Crippen molar-refractivity contribution in [1.82, 2.24) is 5.32 Å². The average Bonchev–Trinajstić information content (AvgIpc) is 3.14. The van der Waals surface area contributed by atoms with Gasteiger partial charge < -0.3 is 5.11 Å². The molecule has 0 aliphatic heterocycles. The van der Waals surface area contributed by atoms with Crippen LogP contribution in [0.15, 0.2) is 30.3 Å². The molecule has 1 aromatic rings. The zero-order valence-corrected chi connectivity index (χ0v) is 9.77. The van der Waals surface area contributed by atoms with Crippen LogP contribution < -0.4 is 5.32 Å². The molecule has 2 N–H and O–H groups in total. The van der Waals surface area contributed by atoms with Crippen LogP contribution in [0.4, 0.5) is 8.78 Å². The Hall–Kier alpha value is -1.49. The Kier molecular flexibility index (Phi) is 3.61. The van der Waals surface area contributed by atoms with Crippen LogP contribution in [0.25, 0.3) is 0 Å². The lowest BCUT2D eigenvalue weighted by Gasteiger charge is -2.20. The van der Waals surface area contributed by atoms with Crippen LogP contribution in [-0.4, -0.2) is 23.7 Å². The molecular formula is C13H15F2NO2. The maximum Gasteiger partial charge on any atom is 0.320 e. The molecule has 0 bridgehead atoms. The number of hydrogen-bond acceptors (Lipinski definition) is 2. The van der Waals surface area contributed by atoms with E-state index in [9.17, 15) is 13.6 Å². The Balaban J connectivity index is 1.98. The molecule has 1 aliphatic rings. The van der Waals surface area contributed by atoms with Crippen molar-refractivity contribution in [2.24, 2.45) is 5.92 Å². The minimum atomic E-state index is -3.05. The quantitative estimate of drug-likeness (QED) is 0.819. The van der Waals surface area contributed by atoms with Crippen LogP contribution in [0.2, 0.25) is 0 Å². The molecule has 1 aliphatic carbocycles. The Morgan fingerprint density at radius 3 is 2.50 bits per heavy atom. The van der Waals surface area contributed by atoms with Gasteiger partial charge in [0.2, 0.25) is 0 Å². The number of benzene rings is 1. The van der Waals surface area contributed by atoms with E-state index in [0.29, 0.717) is 0 Å². The summed E-state index contributed by atoms with van der Waals surface area (Å²) in [4.78, 5) is 10.9. The van der Waals surface area contributed by atoms with Crippen molar-refractivity contribution in [3.05, 3.63) is 35.9 Å². The summed E-state index contributed by atoms with van der Waals surface area (Å²) < 4.78 is 27.6. The Morgan fingerprint density at radius 2 is 2.00 bits per heavy atom. The third kappa shape index (κ3) is 3.04. The molecule has 0 radical (unpaired) electrons. The van der Waals surface area contributed by atoms with E-state index in [2.05, 4.69) is 5.32 Å². The molecule has 0 spiro atoms. The minimum Gasteiger partial charge on any atom is -0.480 e. The Morgan fingerprint density at radius 1 is 1.39 bits per heavy atom. The number of carbonyl (C=O) groups is 1. The van der Waals surface area contributed by atoms with Crippen LogP contribution in [-0.2, 0) is 10.7 Å². The fraction of sp³-hybridized carbons (Fsp3) is 0.462. The van der Waals surface area contributed by atoms with Crippen LogP contribution >= 0.6 is 0 Å². The fourth-order valence-corrected chi connectivity index (χ4v) is 1.91. The molecule has 1 saturated carbocycles. The highest BCUT2D eigenvalue weighted by Gasteiger charge is 2.39. The largest absolute Gasteiger partial charge is 0.480 e. The van der Waals surface area contributed by atoms with Crippen molar-refractivity contribution in [1.29, 1.82) is 0 Å². The van der Waals surface area contributed by atoms with E-state index in [4.69, 9.17) is 5.11 Å². The first-order valence-electron chi connectivity index (χ1n) is 5.90. The van der Waals surface area contributed by atoms with E-state index in [1.165, 1.54) is 12.1 Å². The van der Waals surface area contributed by atoms with E-state index >= 15 is 0 Å². The first-order chi connectivity index (χ1) is 8.50. The van der Waals surface area contributed by atoms with E-state index < -0.39 is 24.5 Å². The molecule has 0 aromatic heterocycles. The molecule has 2 rings (SSSR count). The molecule has 1 aromatic carbocycles.